The molecule has 0 aromatic rings. The highest BCUT2D eigenvalue weighted by atomic mass is 16.5. The molecule has 0 aromatic heterocycles. The van der Waals surface area contributed by atoms with Crippen molar-refractivity contribution in [1.29, 1.82) is 0 Å². The molecule has 1 heterocycles. The highest BCUT2D eigenvalue weighted by molar-refractivity contribution is 4.73. The molecular weight excluding hydrogens is 156 g/mol. The van der Waals surface area contributed by atoms with Gasteiger partial charge in [-0.3, -0.25) is 10.2 Å². The van der Waals surface area contributed by atoms with Gasteiger partial charge in [-0.1, -0.05) is 0 Å². The third-order valence-corrected chi connectivity index (χ3v) is 2.03. The molecule has 0 radical (unpaired) electrons. The number of β-amino-alcohol motifs (C(OH)–C–C–N with tert-alkyl or cyclic N) is 1. The van der Waals surface area contributed by atoms with Crippen molar-refractivity contribution < 1.29 is 9.84 Å². The van der Waals surface area contributed by atoms with Crippen LogP contribution in [0.4, 0.5) is 0 Å². The minimum Gasteiger partial charge on any atom is -0.392 e. The van der Waals surface area contributed by atoms with Crippen molar-refractivity contribution in [2.24, 2.45) is 0 Å². The van der Waals surface area contributed by atoms with E-state index in [4.69, 9.17) is 9.84 Å². The van der Waals surface area contributed by atoms with Crippen LogP contribution in [0.2, 0.25) is 0 Å². The Bertz CT molecular complexity index is 130. The molecule has 1 saturated heterocycles. The standard InChI is InChI=1S/C8H18N2O2/c1-7(11)5-10-4-3-9-8(6-10)12-2/h7-9,11H,3-6H2,1-2H3. The van der Waals surface area contributed by atoms with Crippen LogP contribution in [0.3, 0.4) is 0 Å². The molecule has 1 aliphatic rings. The number of nitrogens with one attached hydrogen (secondary N) is 1. The smallest absolute Gasteiger partial charge is 0.120 e. The summed E-state index contributed by atoms with van der Waals surface area (Å²) < 4.78 is 5.17. The van der Waals surface area contributed by atoms with Crippen LogP contribution in [0.15, 0.2) is 0 Å². The summed E-state index contributed by atoms with van der Waals surface area (Å²) in [5.74, 6) is 0. The molecule has 0 aromatic carbocycles. The van der Waals surface area contributed by atoms with Crippen molar-refractivity contribution in [3.05, 3.63) is 0 Å². The van der Waals surface area contributed by atoms with E-state index in [1.54, 1.807) is 7.11 Å². The number of hydrogen-bond acceptors (Lipinski definition) is 4. The number of piperazine rings is 1. The molecule has 0 aliphatic carbocycles. The molecule has 2 unspecified atom stereocenters. The van der Waals surface area contributed by atoms with E-state index >= 15 is 0 Å². The van der Waals surface area contributed by atoms with Crippen molar-refractivity contribution in [2.45, 2.75) is 19.3 Å². The Balaban J connectivity index is 2.25. The third-order valence-electron chi connectivity index (χ3n) is 2.03. The van der Waals surface area contributed by atoms with Crippen molar-refractivity contribution in [2.75, 3.05) is 33.3 Å². The van der Waals surface area contributed by atoms with Gasteiger partial charge in [-0.25, -0.2) is 0 Å². The van der Waals surface area contributed by atoms with Crippen LogP contribution >= 0.6 is 0 Å². The van der Waals surface area contributed by atoms with Gasteiger partial charge >= 0.3 is 0 Å². The average Bonchev–Trinajstić information content (AvgIpc) is 2.03. The monoisotopic (exact) mass is 174 g/mol. The first-order valence-electron chi connectivity index (χ1n) is 4.39. The number of rotatable bonds is 3. The summed E-state index contributed by atoms with van der Waals surface area (Å²) in [6.07, 6.45) is -0.127. The lowest BCUT2D eigenvalue weighted by atomic mass is 10.3. The largest absolute Gasteiger partial charge is 0.392 e. The Morgan fingerprint density at radius 3 is 3.08 bits per heavy atom. The van der Waals surface area contributed by atoms with E-state index < -0.39 is 0 Å². The van der Waals surface area contributed by atoms with Crippen LogP contribution in [0.1, 0.15) is 6.92 Å². The quantitative estimate of drug-likeness (QED) is 0.590. The molecule has 2 atom stereocenters. The normalized spacial score (nSPS) is 28.8. The highest BCUT2D eigenvalue weighted by Crippen LogP contribution is 2.00. The van der Waals surface area contributed by atoms with Crippen molar-refractivity contribution in [3.8, 4) is 0 Å². The zero-order chi connectivity index (χ0) is 8.97. The third kappa shape index (κ3) is 3.06. The molecule has 4 nitrogen and oxygen atoms in total. The predicted octanol–water partition coefficient (Wildman–Crippen LogP) is -0.755. The van der Waals surface area contributed by atoms with Crippen LogP contribution in [0.25, 0.3) is 0 Å². The first-order chi connectivity index (χ1) is 5.72. The van der Waals surface area contributed by atoms with Gasteiger partial charge in [-0.2, -0.15) is 0 Å². The van der Waals surface area contributed by atoms with Crippen LogP contribution in [0.5, 0.6) is 0 Å². The van der Waals surface area contributed by atoms with Gasteiger partial charge in [-0.05, 0) is 6.92 Å². The van der Waals surface area contributed by atoms with Crippen LogP contribution in [-0.4, -0.2) is 55.6 Å². The van der Waals surface area contributed by atoms with Gasteiger partial charge in [0.1, 0.15) is 6.23 Å². The molecule has 0 spiro atoms. The molecule has 4 heteroatoms. The zero-order valence-corrected chi connectivity index (χ0v) is 7.79. The highest BCUT2D eigenvalue weighted by Gasteiger charge is 2.18. The van der Waals surface area contributed by atoms with E-state index in [0.29, 0.717) is 0 Å². The number of aliphatic hydroxyl groups excluding tert-OH is 1. The Kier molecular flexibility index (Phi) is 3.94. The lowest BCUT2D eigenvalue weighted by Crippen LogP contribution is -2.52. The van der Waals surface area contributed by atoms with E-state index in [9.17, 15) is 0 Å². The number of nitrogens with zero attached hydrogens (tertiary/aromatic N) is 1. The van der Waals surface area contributed by atoms with Crippen molar-refractivity contribution >= 4 is 0 Å². The predicted molar refractivity (Wildman–Crippen MR) is 46.9 cm³/mol. The van der Waals surface area contributed by atoms with E-state index in [2.05, 4.69) is 10.2 Å². The fraction of sp³-hybridized carbons (Fsp3) is 1.00. The maximum absolute atomic E-state index is 9.16. The van der Waals surface area contributed by atoms with Crippen LogP contribution in [-0.2, 0) is 4.74 Å². The topological polar surface area (TPSA) is 44.7 Å². The summed E-state index contributed by atoms with van der Waals surface area (Å²) in [4.78, 5) is 2.20. The summed E-state index contributed by atoms with van der Waals surface area (Å²) in [5.41, 5.74) is 0. The zero-order valence-electron chi connectivity index (χ0n) is 7.79. The molecule has 0 amide bonds. The Hall–Kier alpha value is -0.160. The maximum atomic E-state index is 9.16. The fourth-order valence-corrected chi connectivity index (χ4v) is 1.47. The number of hydrogen-bond donors (Lipinski definition) is 2. The second-order valence-electron chi connectivity index (χ2n) is 3.29. The SMILES string of the molecule is COC1CN(CC(C)O)CCN1. The van der Waals surface area contributed by atoms with Gasteiger partial charge in [0.15, 0.2) is 0 Å². The van der Waals surface area contributed by atoms with Crippen LogP contribution < -0.4 is 5.32 Å². The van der Waals surface area contributed by atoms with Gasteiger partial charge in [0.05, 0.1) is 6.10 Å². The first kappa shape index (κ1) is 9.92. The summed E-state index contributed by atoms with van der Waals surface area (Å²) in [5, 5.41) is 12.4. The van der Waals surface area contributed by atoms with E-state index in [1.807, 2.05) is 6.92 Å². The second-order valence-corrected chi connectivity index (χ2v) is 3.29. The molecule has 0 bridgehead atoms. The Morgan fingerprint density at radius 1 is 1.75 bits per heavy atom. The average molecular weight is 174 g/mol. The minimum atomic E-state index is -0.249. The van der Waals surface area contributed by atoms with Crippen LogP contribution in [0, 0.1) is 0 Å². The van der Waals surface area contributed by atoms with Gasteiger partial charge < -0.3 is 9.84 Å². The summed E-state index contributed by atoms with van der Waals surface area (Å²) in [6.45, 7) is 5.34. The Labute approximate surface area is 73.5 Å². The molecule has 12 heavy (non-hydrogen) atoms. The maximum Gasteiger partial charge on any atom is 0.120 e. The minimum absolute atomic E-state index is 0.123. The molecular formula is C8H18N2O2. The van der Waals surface area contributed by atoms with Gasteiger partial charge in [0, 0.05) is 33.3 Å². The molecule has 2 N–H and O–H groups in total. The Morgan fingerprint density at radius 2 is 2.50 bits per heavy atom. The van der Waals surface area contributed by atoms with Gasteiger partial charge in [0.2, 0.25) is 0 Å². The molecule has 72 valence electrons. The summed E-state index contributed by atoms with van der Waals surface area (Å²) >= 11 is 0. The fourth-order valence-electron chi connectivity index (χ4n) is 1.47. The van der Waals surface area contributed by atoms with E-state index in [-0.39, 0.29) is 12.3 Å². The molecule has 1 fully saturated rings. The lowest BCUT2D eigenvalue weighted by Gasteiger charge is -2.33. The summed E-state index contributed by atoms with van der Waals surface area (Å²) in [6, 6.07) is 0. The number of aliphatic hydroxyl groups is 1. The number of methoxy groups -OCH3 is 1. The van der Waals surface area contributed by atoms with Gasteiger partial charge in [0.25, 0.3) is 0 Å². The second kappa shape index (κ2) is 4.77. The molecule has 1 rings (SSSR count). The van der Waals surface area contributed by atoms with Crippen molar-refractivity contribution in [1.82, 2.24) is 10.2 Å². The van der Waals surface area contributed by atoms with Gasteiger partial charge in [-0.15, -0.1) is 0 Å². The molecule has 0 saturated carbocycles. The van der Waals surface area contributed by atoms with E-state index in [0.717, 1.165) is 26.2 Å². The number of ether oxygens (including phenoxy) is 1. The molecule has 1 aliphatic heterocycles. The first-order valence-corrected chi connectivity index (χ1v) is 4.39. The van der Waals surface area contributed by atoms with E-state index in [1.165, 1.54) is 0 Å². The van der Waals surface area contributed by atoms with Crippen molar-refractivity contribution in [3.63, 3.8) is 0 Å². The summed E-state index contributed by atoms with van der Waals surface area (Å²) in [7, 11) is 1.70. The lowest BCUT2D eigenvalue weighted by molar-refractivity contribution is 0.00323.